The van der Waals surface area contributed by atoms with E-state index in [-0.39, 0.29) is 11.7 Å². The van der Waals surface area contributed by atoms with E-state index in [1.807, 2.05) is 73.6 Å². The fourth-order valence-electron chi connectivity index (χ4n) is 2.51. The first kappa shape index (κ1) is 17.9. The summed E-state index contributed by atoms with van der Waals surface area (Å²) in [6.07, 6.45) is 0. The Morgan fingerprint density at radius 3 is 2.23 bits per heavy atom. The summed E-state index contributed by atoms with van der Waals surface area (Å²) in [7, 11) is 3.92. The van der Waals surface area contributed by atoms with Crippen molar-refractivity contribution in [3.8, 4) is 0 Å². The third kappa shape index (κ3) is 4.18. The van der Waals surface area contributed by atoms with Gasteiger partial charge in [0.2, 0.25) is 5.78 Å². The Morgan fingerprint density at radius 1 is 0.885 bits per heavy atom. The van der Waals surface area contributed by atoms with Crippen LogP contribution in [0.1, 0.15) is 30.5 Å². The first-order chi connectivity index (χ1) is 12.5. The predicted octanol–water partition coefficient (Wildman–Crippen LogP) is 3.98. The summed E-state index contributed by atoms with van der Waals surface area (Å²) >= 11 is 1.41. The summed E-state index contributed by atoms with van der Waals surface area (Å²) in [6, 6.07) is 20.3. The highest BCUT2D eigenvalue weighted by molar-refractivity contribution is 7.14. The minimum absolute atomic E-state index is 0.00690. The van der Waals surface area contributed by atoms with Crippen LogP contribution in [-0.2, 0) is 6.54 Å². The summed E-state index contributed by atoms with van der Waals surface area (Å²) < 4.78 is 0. The number of ketones is 1. The molecule has 1 heterocycles. The molecular formula is C21H20N2O2S. The van der Waals surface area contributed by atoms with Crippen molar-refractivity contribution in [3.05, 3.63) is 87.6 Å². The van der Waals surface area contributed by atoms with E-state index in [0.29, 0.717) is 22.5 Å². The quantitative estimate of drug-likeness (QED) is 0.673. The SMILES string of the molecule is CN(C)c1ccc(C(=O)NCc2ccc(C(=O)c3ccccc3)s2)cc1. The molecule has 1 aromatic heterocycles. The zero-order chi connectivity index (χ0) is 18.5. The highest BCUT2D eigenvalue weighted by Crippen LogP contribution is 2.20. The number of nitrogens with one attached hydrogen (secondary N) is 1. The third-order valence-electron chi connectivity index (χ3n) is 3.99. The Balaban J connectivity index is 1.61. The second kappa shape index (κ2) is 7.97. The van der Waals surface area contributed by atoms with Gasteiger partial charge in [-0.2, -0.15) is 0 Å². The van der Waals surface area contributed by atoms with Crippen LogP contribution in [0.3, 0.4) is 0 Å². The normalized spacial score (nSPS) is 10.4. The summed E-state index contributed by atoms with van der Waals surface area (Å²) in [5.74, 6) is -0.118. The van der Waals surface area contributed by atoms with Gasteiger partial charge in [0.1, 0.15) is 0 Å². The maximum atomic E-state index is 12.4. The zero-order valence-electron chi connectivity index (χ0n) is 14.7. The van der Waals surface area contributed by atoms with Crippen LogP contribution >= 0.6 is 11.3 Å². The second-order valence-electron chi connectivity index (χ2n) is 6.09. The highest BCUT2D eigenvalue weighted by atomic mass is 32.1. The molecule has 0 radical (unpaired) electrons. The molecule has 4 nitrogen and oxygen atoms in total. The molecule has 0 atom stereocenters. The molecule has 132 valence electrons. The fraction of sp³-hybridized carbons (Fsp3) is 0.143. The molecule has 0 aliphatic heterocycles. The van der Waals surface area contributed by atoms with Crippen LogP contribution in [0.5, 0.6) is 0 Å². The minimum Gasteiger partial charge on any atom is -0.378 e. The number of thiophene rings is 1. The van der Waals surface area contributed by atoms with E-state index in [1.165, 1.54) is 11.3 Å². The predicted molar refractivity (Wildman–Crippen MR) is 106 cm³/mol. The molecule has 0 spiro atoms. The first-order valence-corrected chi connectivity index (χ1v) is 9.10. The van der Waals surface area contributed by atoms with Gasteiger partial charge < -0.3 is 10.2 Å². The molecule has 26 heavy (non-hydrogen) atoms. The largest absolute Gasteiger partial charge is 0.378 e. The molecule has 1 amide bonds. The summed E-state index contributed by atoms with van der Waals surface area (Å²) in [6.45, 7) is 0.404. The van der Waals surface area contributed by atoms with Gasteiger partial charge in [0.25, 0.3) is 5.91 Å². The number of benzene rings is 2. The monoisotopic (exact) mass is 364 g/mol. The Morgan fingerprint density at radius 2 is 1.58 bits per heavy atom. The maximum absolute atomic E-state index is 12.4. The van der Waals surface area contributed by atoms with E-state index in [4.69, 9.17) is 0 Å². The first-order valence-electron chi connectivity index (χ1n) is 8.28. The lowest BCUT2D eigenvalue weighted by atomic mass is 10.1. The smallest absolute Gasteiger partial charge is 0.251 e. The van der Waals surface area contributed by atoms with Crippen molar-refractivity contribution in [3.63, 3.8) is 0 Å². The third-order valence-corrected chi connectivity index (χ3v) is 5.07. The van der Waals surface area contributed by atoms with Gasteiger partial charge in [-0.1, -0.05) is 30.3 Å². The fourth-order valence-corrected chi connectivity index (χ4v) is 3.42. The van der Waals surface area contributed by atoms with Crippen molar-refractivity contribution in [2.24, 2.45) is 0 Å². The zero-order valence-corrected chi connectivity index (χ0v) is 15.5. The number of hydrogen-bond acceptors (Lipinski definition) is 4. The van der Waals surface area contributed by atoms with Crippen molar-refractivity contribution < 1.29 is 9.59 Å². The molecule has 0 unspecified atom stereocenters. The van der Waals surface area contributed by atoms with Gasteiger partial charge in [0.15, 0.2) is 0 Å². The van der Waals surface area contributed by atoms with Crippen LogP contribution in [0.4, 0.5) is 5.69 Å². The Bertz CT molecular complexity index is 899. The lowest BCUT2D eigenvalue weighted by Crippen LogP contribution is -2.22. The maximum Gasteiger partial charge on any atom is 0.251 e. The Labute approximate surface area is 157 Å². The molecule has 1 N–H and O–H groups in total. The second-order valence-corrected chi connectivity index (χ2v) is 7.25. The van der Waals surface area contributed by atoms with Gasteiger partial charge in [-0.15, -0.1) is 11.3 Å². The minimum atomic E-state index is -0.125. The van der Waals surface area contributed by atoms with E-state index in [9.17, 15) is 9.59 Å². The van der Waals surface area contributed by atoms with Crippen molar-refractivity contribution in [1.82, 2.24) is 5.32 Å². The van der Waals surface area contributed by atoms with Crippen molar-refractivity contribution in [2.75, 3.05) is 19.0 Å². The van der Waals surface area contributed by atoms with E-state index in [0.717, 1.165) is 10.6 Å². The van der Waals surface area contributed by atoms with Gasteiger partial charge in [0.05, 0.1) is 11.4 Å². The van der Waals surface area contributed by atoms with Crippen LogP contribution in [0.15, 0.2) is 66.7 Å². The van der Waals surface area contributed by atoms with Gasteiger partial charge in [-0.25, -0.2) is 0 Å². The van der Waals surface area contributed by atoms with E-state index >= 15 is 0 Å². The van der Waals surface area contributed by atoms with Crippen molar-refractivity contribution in [1.29, 1.82) is 0 Å². The Hall–Kier alpha value is -2.92. The van der Waals surface area contributed by atoms with Crippen LogP contribution in [0.2, 0.25) is 0 Å². The molecule has 0 fully saturated rings. The molecule has 0 aliphatic carbocycles. The van der Waals surface area contributed by atoms with Gasteiger partial charge in [-0.3, -0.25) is 9.59 Å². The number of carbonyl (C=O) groups excluding carboxylic acids is 2. The average molecular weight is 364 g/mol. The van der Waals surface area contributed by atoms with E-state index in [1.54, 1.807) is 12.1 Å². The summed E-state index contributed by atoms with van der Waals surface area (Å²) in [5, 5.41) is 2.90. The highest BCUT2D eigenvalue weighted by Gasteiger charge is 2.12. The number of rotatable bonds is 6. The topological polar surface area (TPSA) is 49.4 Å². The number of anilines is 1. The van der Waals surface area contributed by atoms with Crippen molar-refractivity contribution >= 4 is 28.7 Å². The summed E-state index contributed by atoms with van der Waals surface area (Å²) in [4.78, 5) is 28.3. The standard InChI is InChI=1S/C21H20N2O2S/c1-23(2)17-10-8-16(9-11-17)21(25)22-14-18-12-13-19(26-18)20(24)15-6-4-3-5-7-15/h3-13H,14H2,1-2H3,(H,22,25). The molecule has 0 saturated heterocycles. The van der Waals surface area contributed by atoms with Gasteiger partial charge in [0, 0.05) is 35.8 Å². The van der Waals surface area contributed by atoms with Crippen molar-refractivity contribution in [2.45, 2.75) is 6.54 Å². The number of hydrogen-bond donors (Lipinski definition) is 1. The number of nitrogens with zero attached hydrogens (tertiary/aromatic N) is 1. The number of amides is 1. The van der Waals surface area contributed by atoms with Gasteiger partial charge in [-0.05, 0) is 36.4 Å². The molecular weight excluding hydrogens is 344 g/mol. The van der Waals surface area contributed by atoms with E-state index < -0.39 is 0 Å². The van der Waals surface area contributed by atoms with E-state index in [2.05, 4.69) is 5.32 Å². The van der Waals surface area contributed by atoms with Crippen LogP contribution < -0.4 is 10.2 Å². The van der Waals surface area contributed by atoms with Crippen LogP contribution in [0, 0.1) is 0 Å². The molecule has 3 aromatic rings. The van der Waals surface area contributed by atoms with Gasteiger partial charge >= 0.3 is 0 Å². The lowest BCUT2D eigenvalue weighted by molar-refractivity contribution is 0.0950. The van der Waals surface area contributed by atoms with Crippen LogP contribution in [-0.4, -0.2) is 25.8 Å². The average Bonchev–Trinajstić information content (AvgIpc) is 3.15. The molecule has 0 saturated carbocycles. The summed E-state index contributed by atoms with van der Waals surface area (Å²) in [5.41, 5.74) is 2.34. The molecule has 2 aromatic carbocycles. The molecule has 5 heteroatoms. The Kier molecular flexibility index (Phi) is 5.49. The van der Waals surface area contributed by atoms with Crippen LogP contribution in [0.25, 0.3) is 0 Å². The molecule has 3 rings (SSSR count). The lowest BCUT2D eigenvalue weighted by Gasteiger charge is -2.12. The molecule has 0 bridgehead atoms. The molecule has 0 aliphatic rings. The number of carbonyl (C=O) groups is 2.